The van der Waals surface area contributed by atoms with Crippen LogP contribution in [0, 0.1) is 33.3 Å². The number of carbonyl (C=O) groups is 1. The molecule has 0 bridgehead atoms. The highest BCUT2D eigenvalue weighted by Crippen LogP contribution is 2.63. The van der Waals surface area contributed by atoms with Crippen molar-refractivity contribution in [2.75, 3.05) is 13.1 Å². The molecule has 3 rings (SSSR count). The van der Waals surface area contributed by atoms with Gasteiger partial charge in [0.1, 0.15) is 5.60 Å². The van der Waals surface area contributed by atoms with Crippen molar-refractivity contribution in [3.63, 3.8) is 0 Å². The lowest BCUT2D eigenvalue weighted by atomic mass is 9.91. The van der Waals surface area contributed by atoms with Gasteiger partial charge in [-0.25, -0.2) is 4.79 Å². The van der Waals surface area contributed by atoms with Gasteiger partial charge in [0.25, 0.3) is 5.69 Å². The number of rotatable bonds is 2. The molecule has 1 saturated heterocycles. The maximum atomic E-state index is 12.1. The van der Waals surface area contributed by atoms with Gasteiger partial charge in [-0.3, -0.25) is 10.1 Å². The summed E-state index contributed by atoms with van der Waals surface area (Å²) >= 11 is 0. The van der Waals surface area contributed by atoms with E-state index in [4.69, 9.17) is 4.74 Å². The highest BCUT2D eigenvalue weighted by atomic mass is 16.6. The maximum Gasteiger partial charge on any atom is 0.410 e. The van der Waals surface area contributed by atoms with Crippen LogP contribution < -0.4 is 0 Å². The lowest BCUT2D eigenvalue weighted by Gasteiger charge is -2.27. The van der Waals surface area contributed by atoms with E-state index in [0.29, 0.717) is 18.7 Å². The van der Waals surface area contributed by atoms with E-state index >= 15 is 0 Å². The van der Waals surface area contributed by atoms with Gasteiger partial charge in [0.15, 0.2) is 0 Å². The summed E-state index contributed by atoms with van der Waals surface area (Å²) in [6.07, 6.45) is -0.374. The summed E-state index contributed by atoms with van der Waals surface area (Å²) in [4.78, 5) is 24.3. The molecule has 2 fully saturated rings. The topological polar surface area (TPSA) is 96.5 Å². The standard InChI is InChI=1S/C17H19N3O4/c1-16(2,3)24-15(21)19-8-13-14(9-19)17(13,10-18)11-5-4-6-12(7-11)20(22)23/h4-7,13-14H,8-9H2,1-3H3/t13-,14+,17?. The first-order valence-electron chi connectivity index (χ1n) is 7.83. The third kappa shape index (κ3) is 2.48. The first kappa shape index (κ1) is 16.2. The third-order valence-corrected chi connectivity index (χ3v) is 4.75. The monoisotopic (exact) mass is 329 g/mol. The second-order valence-electron chi connectivity index (χ2n) is 7.39. The van der Waals surface area contributed by atoms with Crippen LogP contribution in [0.5, 0.6) is 0 Å². The van der Waals surface area contributed by atoms with Gasteiger partial charge in [-0.15, -0.1) is 0 Å². The summed E-state index contributed by atoms with van der Waals surface area (Å²) in [5, 5.41) is 20.7. The minimum absolute atomic E-state index is 0.00276. The number of nitrogens with zero attached hydrogens (tertiary/aromatic N) is 3. The molecule has 2 aliphatic rings. The Morgan fingerprint density at radius 2 is 2.04 bits per heavy atom. The largest absolute Gasteiger partial charge is 0.444 e. The molecule has 1 aliphatic carbocycles. The van der Waals surface area contributed by atoms with Gasteiger partial charge in [-0.05, 0) is 26.3 Å². The molecule has 1 aromatic rings. The summed E-state index contributed by atoms with van der Waals surface area (Å²) in [5.74, 6) is -0.00551. The van der Waals surface area contributed by atoms with Gasteiger partial charge in [0, 0.05) is 37.1 Å². The van der Waals surface area contributed by atoms with E-state index in [-0.39, 0.29) is 23.6 Å². The molecule has 1 saturated carbocycles. The molecule has 126 valence electrons. The molecule has 1 aromatic carbocycles. The number of nitro benzene ring substituents is 1. The summed E-state index contributed by atoms with van der Waals surface area (Å²) in [6, 6.07) is 8.59. The molecular formula is C17H19N3O4. The fraction of sp³-hybridized carbons (Fsp3) is 0.529. The van der Waals surface area contributed by atoms with E-state index in [0.717, 1.165) is 0 Å². The zero-order chi connectivity index (χ0) is 17.7. The molecule has 1 aliphatic heterocycles. The molecular weight excluding hydrogens is 310 g/mol. The Bertz CT molecular complexity index is 735. The number of hydrogen-bond donors (Lipinski definition) is 0. The van der Waals surface area contributed by atoms with Gasteiger partial charge in [0.05, 0.1) is 16.4 Å². The molecule has 0 N–H and O–H groups in total. The van der Waals surface area contributed by atoms with Crippen LogP contribution in [0.2, 0.25) is 0 Å². The molecule has 3 atom stereocenters. The SMILES string of the molecule is CC(C)(C)OC(=O)N1C[C@@H]2[C@H](C1)C2(C#N)c1cccc([N+](=O)[O-])c1. The van der Waals surface area contributed by atoms with Crippen molar-refractivity contribution in [2.24, 2.45) is 11.8 Å². The molecule has 7 nitrogen and oxygen atoms in total. The van der Waals surface area contributed by atoms with Crippen molar-refractivity contribution in [3.05, 3.63) is 39.9 Å². The number of ether oxygens (including phenoxy) is 1. The average Bonchev–Trinajstić information content (AvgIpc) is 2.87. The Kier molecular flexibility index (Phi) is 3.52. The molecule has 7 heteroatoms. The average molecular weight is 329 g/mol. The van der Waals surface area contributed by atoms with Crippen LogP contribution in [-0.2, 0) is 10.2 Å². The molecule has 0 aromatic heterocycles. The normalized spacial score (nSPS) is 28.0. The smallest absolute Gasteiger partial charge is 0.410 e. The number of piperidine rings is 1. The van der Waals surface area contributed by atoms with Gasteiger partial charge < -0.3 is 9.64 Å². The Morgan fingerprint density at radius 3 is 2.54 bits per heavy atom. The molecule has 1 unspecified atom stereocenters. The number of likely N-dealkylation sites (tertiary alicyclic amines) is 1. The predicted octanol–water partition coefficient (Wildman–Crippen LogP) is 2.85. The van der Waals surface area contributed by atoms with Crippen LogP contribution in [0.4, 0.5) is 10.5 Å². The van der Waals surface area contributed by atoms with Crippen molar-refractivity contribution >= 4 is 11.8 Å². The van der Waals surface area contributed by atoms with E-state index < -0.39 is 15.9 Å². The number of non-ortho nitro benzene ring substituents is 1. The van der Waals surface area contributed by atoms with Gasteiger partial charge >= 0.3 is 6.09 Å². The zero-order valence-corrected chi connectivity index (χ0v) is 13.9. The summed E-state index contributed by atoms with van der Waals surface area (Å²) in [5.41, 5.74) is -0.644. The second-order valence-corrected chi connectivity index (χ2v) is 7.39. The summed E-state index contributed by atoms with van der Waals surface area (Å²) < 4.78 is 5.36. The van der Waals surface area contributed by atoms with Crippen molar-refractivity contribution < 1.29 is 14.5 Å². The Balaban J connectivity index is 1.77. The Morgan fingerprint density at radius 1 is 1.42 bits per heavy atom. The highest BCUT2D eigenvalue weighted by molar-refractivity contribution is 5.70. The molecule has 1 amide bonds. The number of amides is 1. The number of fused-ring (bicyclic) bond motifs is 1. The molecule has 0 spiro atoms. The van der Waals surface area contributed by atoms with E-state index in [2.05, 4.69) is 6.07 Å². The van der Waals surface area contributed by atoms with Crippen LogP contribution in [0.1, 0.15) is 26.3 Å². The van der Waals surface area contributed by atoms with Crippen LogP contribution in [0.15, 0.2) is 24.3 Å². The summed E-state index contributed by atoms with van der Waals surface area (Å²) in [7, 11) is 0. The number of carbonyl (C=O) groups excluding carboxylic acids is 1. The van der Waals surface area contributed by atoms with Crippen LogP contribution in [0.25, 0.3) is 0 Å². The number of hydrogen-bond acceptors (Lipinski definition) is 5. The molecule has 24 heavy (non-hydrogen) atoms. The van der Waals surface area contributed by atoms with Crippen molar-refractivity contribution in [3.8, 4) is 6.07 Å². The van der Waals surface area contributed by atoms with E-state index in [9.17, 15) is 20.2 Å². The number of nitriles is 1. The molecule has 0 radical (unpaired) electrons. The predicted molar refractivity (Wildman–Crippen MR) is 85.2 cm³/mol. The second kappa shape index (κ2) is 5.20. The highest BCUT2D eigenvalue weighted by Gasteiger charge is 2.70. The van der Waals surface area contributed by atoms with E-state index in [1.807, 2.05) is 20.8 Å². The van der Waals surface area contributed by atoms with Gasteiger partial charge in [-0.1, -0.05) is 12.1 Å². The fourth-order valence-corrected chi connectivity index (χ4v) is 3.64. The van der Waals surface area contributed by atoms with Crippen molar-refractivity contribution in [1.82, 2.24) is 4.90 Å². The van der Waals surface area contributed by atoms with Crippen LogP contribution in [-0.4, -0.2) is 34.6 Å². The lowest BCUT2D eigenvalue weighted by Crippen LogP contribution is -2.38. The minimum atomic E-state index is -0.732. The summed E-state index contributed by atoms with van der Waals surface area (Å²) in [6.45, 7) is 6.31. The first-order chi connectivity index (χ1) is 11.2. The Hall–Kier alpha value is -2.62. The number of benzene rings is 1. The lowest BCUT2D eigenvalue weighted by molar-refractivity contribution is -0.384. The fourth-order valence-electron chi connectivity index (χ4n) is 3.64. The maximum absolute atomic E-state index is 12.1. The van der Waals surface area contributed by atoms with Crippen molar-refractivity contribution in [1.29, 1.82) is 5.26 Å². The molecule has 1 heterocycles. The van der Waals surface area contributed by atoms with Crippen LogP contribution >= 0.6 is 0 Å². The van der Waals surface area contributed by atoms with Crippen molar-refractivity contribution in [2.45, 2.75) is 31.8 Å². The van der Waals surface area contributed by atoms with Gasteiger partial charge in [-0.2, -0.15) is 5.26 Å². The van der Waals surface area contributed by atoms with E-state index in [1.54, 1.807) is 17.0 Å². The van der Waals surface area contributed by atoms with Gasteiger partial charge in [0.2, 0.25) is 0 Å². The third-order valence-electron chi connectivity index (χ3n) is 4.75. The quantitative estimate of drug-likeness (QED) is 0.614. The first-order valence-corrected chi connectivity index (χ1v) is 7.83. The van der Waals surface area contributed by atoms with Crippen LogP contribution in [0.3, 0.4) is 0 Å². The zero-order valence-electron chi connectivity index (χ0n) is 13.9. The number of nitro groups is 1. The van der Waals surface area contributed by atoms with E-state index in [1.165, 1.54) is 12.1 Å². The Labute approximate surface area is 140 Å². The minimum Gasteiger partial charge on any atom is -0.444 e.